The van der Waals surface area contributed by atoms with E-state index in [2.05, 4.69) is 10.2 Å². The van der Waals surface area contributed by atoms with Gasteiger partial charge in [-0.25, -0.2) is 4.39 Å². The van der Waals surface area contributed by atoms with E-state index in [1.807, 2.05) is 0 Å². The van der Waals surface area contributed by atoms with Crippen LogP contribution in [-0.2, 0) is 6.54 Å². The first-order chi connectivity index (χ1) is 7.20. The van der Waals surface area contributed by atoms with Gasteiger partial charge in [0.1, 0.15) is 5.82 Å². The molecule has 0 aliphatic rings. The fraction of sp³-hybridized carbons (Fsp3) is 0.200. The van der Waals surface area contributed by atoms with Crippen LogP contribution in [0.25, 0.3) is 11.5 Å². The van der Waals surface area contributed by atoms with Gasteiger partial charge in [-0.2, -0.15) is 0 Å². The topological polar surface area (TPSA) is 64.9 Å². The van der Waals surface area contributed by atoms with Crippen molar-refractivity contribution < 1.29 is 8.81 Å². The molecule has 0 fully saturated rings. The summed E-state index contributed by atoms with van der Waals surface area (Å²) < 4.78 is 18.2. The normalized spacial score (nSPS) is 10.6. The van der Waals surface area contributed by atoms with Crippen molar-refractivity contribution in [3.63, 3.8) is 0 Å². The van der Waals surface area contributed by atoms with Crippen LogP contribution >= 0.6 is 0 Å². The minimum Gasteiger partial charge on any atom is -0.419 e. The zero-order valence-electron chi connectivity index (χ0n) is 8.20. The molecule has 0 unspecified atom stereocenters. The lowest BCUT2D eigenvalue weighted by atomic mass is 10.1. The third-order valence-electron chi connectivity index (χ3n) is 2.05. The zero-order chi connectivity index (χ0) is 10.8. The summed E-state index contributed by atoms with van der Waals surface area (Å²) >= 11 is 0. The summed E-state index contributed by atoms with van der Waals surface area (Å²) in [5.74, 6) is 0.475. The van der Waals surface area contributed by atoms with E-state index in [1.54, 1.807) is 19.1 Å². The first kappa shape index (κ1) is 9.79. The van der Waals surface area contributed by atoms with Crippen LogP contribution < -0.4 is 5.73 Å². The van der Waals surface area contributed by atoms with Crippen LogP contribution in [0.2, 0.25) is 0 Å². The predicted molar refractivity (Wildman–Crippen MR) is 52.3 cm³/mol. The van der Waals surface area contributed by atoms with Crippen molar-refractivity contribution in [1.82, 2.24) is 10.2 Å². The molecule has 0 radical (unpaired) electrons. The largest absolute Gasteiger partial charge is 0.419 e. The molecule has 0 saturated heterocycles. The monoisotopic (exact) mass is 207 g/mol. The Labute approximate surface area is 85.9 Å². The van der Waals surface area contributed by atoms with E-state index in [0.29, 0.717) is 22.9 Å². The SMILES string of the molecule is Cc1cc(-c2nnc(CN)o2)ccc1F. The molecule has 0 aliphatic carbocycles. The standard InChI is InChI=1S/C10H10FN3O/c1-6-4-7(2-3-8(6)11)10-14-13-9(5-12)15-10/h2-4H,5,12H2,1H3. The highest BCUT2D eigenvalue weighted by Gasteiger charge is 2.08. The lowest BCUT2D eigenvalue weighted by Gasteiger charge is -1.98. The lowest BCUT2D eigenvalue weighted by Crippen LogP contribution is -1.95. The molecule has 2 N–H and O–H groups in total. The molecular weight excluding hydrogens is 197 g/mol. The fourth-order valence-electron chi connectivity index (χ4n) is 1.23. The summed E-state index contributed by atoms with van der Waals surface area (Å²) in [6.07, 6.45) is 0. The molecule has 2 rings (SSSR count). The summed E-state index contributed by atoms with van der Waals surface area (Å²) in [4.78, 5) is 0. The van der Waals surface area contributed by atoms with Crippen LogP contribution in [0.3, 0.4) is 0 Å². The van der Waals surface area contributed by atoms with Gasteiger partial charge < -0.3 is 10.2 Å². The molecule has 1 heterocycles. The summed E-state index contributed by atoms with van der Waals surface area (Å²) in [7, 11) is 0. The average Bonchev–Trinajstić information content (AvgIpc) is 2.70. The predicted octanol–water partition coefficient (Wildman–Crippen LogP) is 1.64. The van der Waals surface area contributed by atoms with Crippen LogP contribution in [0.5, 0.6) is 0 Å². The van der Waals surface area contributed by atoms with Gasteiger partial charge in [0.15, 0.2) is 0 Å². The van der Waals surface area contributed by atoms with Gasteiger partial charge in [-0.3, -0.25) is 0 Å². The van der Waals surface area contributed by atoms with E-state index in [9.17, 15) is 4.39 Å². The van der Waals surface area contributed by atoms with Gasteiger partial charge in [0.05, 0.1) is 6.54 Å². The number of benzene rings is 1. The number of nitrogens with two attached hydrogens (primary N) is 1. The van der Waals surface area contributed by atoms with Crippen LogP contribution in [0.4, 0.5) is 4.39 Å². The molecule has 0 amide bonds. The summed E-state index contributed by atoms with van der Waals surface area (Å²) in [5.41, 5.74) is 6.58. The molecule has 0 saturated carbocycles. The maximum atomic E-state index is 13.0. The van der Waals surface area contributed by atoms with Gasteiger partial charge in [0.25, 0.3) is 0 Å². The Balaban J connectivity index is 2.40. The molecule has 78 valence electrons. The maximum Gasteiger partial charge on any atom is 0.247 e. The van der Waals surface area contributed by atoms with Crippen LogP contribution in [0.1, 0.15) is 11.5 Å². The molecule has 5 heteroatoms. The second kappa shape index (κ2) is 3.78. The number of hydrogen-bond donors (Lipinski definition) is 1. The Morgan fingerprint density at radius 1 is 1.40 bits per heavy atom. The van der Waals surface area contributed by atoms with Gasteiger partial charge in [-0.05, 0) is 30.7 Å². The van der Waals surface area contributed by atoms with Gasteiger partial charge >= 0.3 is 0 Å². The van der Waals surface area contributed by atoms with Gasteiger partial charge in [-0.1, -0.05) is 0 Å². The summed E-state index contributed by atoms with van der Waals surface area (Å²) in [6.45, 7) is 1.88. The number of halogens is 1. The number of hydrogen-bond acceptors (Lipinski definition) is 4. The van der Waals surface area contributed by atoms with Gasteiger partial charge in [-0.15, -0.1) is 10.2 Å². The molecule has 1 aromatic carbocycles. The summed E-state index contributed by atoms with van der Waals surface area (Å²) in [6, 6.07) is 4.62. The van der Waals surface area contributed by atoms with E-state index in [4.69, 9.17) is 10.2 Å². The third kappa shape index (κ3) is 1.87. The van der Waals surface area contributed by atoms with Crippen LogP contribution in [0, 0.1) is 12.7 Å². The quantitative estimate of drug-likeness (QED) is 0.813. The van der Waals surface area contributed by atoms with Crippen molar-refractivity contribution in [3.8, 4) is 11.5 Å². The highest BCUT2D eigenvalue weighted by atomic mass is 19.1. The maximum absolute atomic E-state index is 13.0. The number of aromatic nitrogens is 2. The molecule has 1 aromatic heterocycles. The summed E-state index contributed by atoms with van der Waals surface area (Å²) in [5, 5.41) is 7.54. The van der Waals surface area contributed by atoms with Crippen molar-refractivity contribution >= 4 is 0 Å². The molecule has 15 heavy (non-hydrogen) atoms. The number of rotatable bonds is 2. The first-order valence-corrected chi connectivity index (χ1v) is 4.49. The number of nitrogens with zero attached hydrogens (tertiary/aromatic N) is 2. The second-order valence-electron chi connectivity index (χ2n) is 3.17. The molecule has 2 aromatic rings. The Morgan fingerprint density at radius 3 is 2.80 bits per heavy atom. The lowest BCUT2D eigenvalue weighted by molar-refractivity contribution is 0.508. The van der Waals surface area contributed by atoms with Crippen molar-refractivity contribution in [2.24, 2.45) is 5.73 Å². The first-order valence-electron chi connectivity index (χ1n) is 4.49. The average molecular weight is 207 g/mol. The van der Waals surface area contributed by atoms with Crippen molar-refractivity contribution in [1.29, 1.82) is 0 Å². The molecule has 0 spiro atoms. The third-order valence-corrected chi connectivity index (χ3v) is 2.05. The minimum atomic E-state index is -0.252. The Bertz CT molecular complexity index is 481. The number of aryl methyl sites for hydroxylation is 1. The highest BCUT2D eigenvalue weighted by Crippen LogP contribution is 2.20. The Morgan fingerprint density at radius 2 is 2.20 bits per heavy atom. The molecule has 0 aliphatic heterocycles. The molecule has 0 atom stereocenters. The van der Waals surface area contributed by atoms with Crippen LogP contribution in [-0.4, -0.2) is 10.2 Å². The van der Waals surface area contributed by atoms with Crippen molar-refractivity contribution in [2.45, 2.75) is 13.5 Å². The second-order valence-corrected chi connectivity index (χ2v) is 3.17. The zero-order valence-corrected chi connectivity index (χ0v) is 8.20. The van der Waals surface area contributed by atoms with Crippen molar-refractivity contribution in [2.75, 3.05) is 0 Å². The van der Waals surface area contributed by atoms with E-state index in [0.717, 1.165) is 0 Å². The van der Waals surface area contributed by atoms with E-state index in [-0.39, 0.29) is 12.4 Å². The van der Waals surface area contributed by atoms with E-state index in [1.165, 1.54) is 6.07 Å². The van der Waals surface area contributed by atoms with Gasteiger partial charge in [0.2, 0.25) is 11.8 Å². The van der Waals surface area contributed by atoms with Crippen LogP contribution in [0.15, 0.2) is 22.6 Å². The van der Waals surface area contributed by atoms with E-state index >= 15 is 0 Å². The van der Waals surface area contributed by atoms with Gasteiger partial charge in [0, 0.05) is 5.56 Å². The molecular formula is C10H10FN3O. The smallest absolute Gasteiger partial charge is 0.247 e. The Hall–Kier alpha value is -1.75. The minimum absolute atomic E-state index is 0.202. The van der Waals surface area contributed by atoms with E-state index < -0.39 is 0 Å². The Kier molecular flexibility index (Phi) is 2.47. The highest BCUT2D eigenvalue weighted by molar-refractivity contribution is 5.53. The van der Waals surface area contributed by atoms with Crippen molar-refractivity contribution in [3.05, 3.63) is 35.5 Å². The molecule has 0 bridgehead atoms. The molecule has 4 nitrogen and oxygen atoms in total. The fourth-order valence-corrected chi connectivity index (χ4v) is 1.23.